The zero-order valence-electron chi connectivity index (χ0n) is 15.6. The Morgan fingerprint density at radius 1 is 1.04 bits per heavy atom. The molecule has 2 aliphatic rings. The van der Waals surface area contributed by atoms with Gasteiger partial charge in [-0.05, 0) is 37.1 Å². The van der Waals surface area contributed by atoms with Gasteiger partial charge in [0, 0.05) is 37.8 Å². The molecule has 140 valence electrons. The molecule has 0 bridgehead atoms. The molecule has 2 fully saturated rings. The lowest BCUT2D eigenvalue weighted by Crippen LogP contribution is -2.50. The summed E-state index contributed by atoms with van der Waals surface area (Å²) in [5, 5.41) is 4.13. The average Bonchev–Trinajstić information content (AvgIpc) is 3.18. The number of hydrogen-bond donors (Lipinski definition) is 0. The fourth-order valence-electron chi connectivity index (χ4n) is 4.10. The first-order chi connectivity index (χ1) is 12.8. The van der Waals surface area contributed by atoms with E-state index in [0.717, 1.165) is 50.1 Å². The molecule has 1 aromatic heterocycles. The summed E-state index contributed by atoms with van der Waals surface area (Å²) in [5.74, 6) is 2.17. The van der Waals surface area contributed by atoms with Crippen LogP contribution in [0, 0.1) is 0 Å². The standard InChI is InChI=1S/C20H28N4O2/c1-25-18-9-7-16(8-10-18)20-21-19(26-22-20)15-23-11-13-24(14-12-23)17-5-3-2-4-6-17/h7-10,17H,2-6,11-15H2,1H3. The molecule has 0 amide bonds. The second-order valence-electron chi connectivity index (χ2n) is 7.34. The van der Waals surface area contributed by atoms with Gasteiger partial charge in [0.1, 0.15) is 5.75 Å². The first kappa shape index (κ1) is 17.5. The molecule has 1 aromatic carbocycles. The van der Waals surface area contributed by atoms with Crippen LogP contribution in [-0.2, 0) is 6.54 Å². The SMILES string of the molecule is COc1ccc(-c2noc(CN3CCN(C4CCCCC4)CC3)n2)cc1. The summed E-state index contributed by atoms with van der Waals surface area (Å²) in [6, 6.07) is 8.55. The first-order valence-corrected chi connectivity index (χ1v) is 9.75. The highest BCUT2D eigenvalue weighted by molar-refractivity contribution is 5.55. The third-order valence-corrected chi connectivity index (χ3v) is 5.67. The summed E-state index contributed by atoms with van der Waals surface area (Å²) < 4.78 is 10.7. The van der Waals surface area contributed by atoms with E-state index in [9.17, 15) is 0 Å². The van der Waals surface area contributed by atoms with E-state index < -0.39 is 0 Å². The minimum Gasteiger partial charge on any atom is -0.497 e. The fourth-order valence-corrected chi connectivity index (χ4v) is 4.10. The van der Waals surface area contributed by atoms with Crippen molar-refractivity contribution in [3.63, 3.8) is 0 Å². The summed E-state index contributed by atoms with van der Waals surface area (Å²) in [5.41, 5.74) is 0.947. The van der Waals surface area contributed by atoms with Crippen LogP contribution >= 0.6 is 0 Å². The van der Waals surface area contributed by atoms with Gasteiger partial charge in [-0.15, -0.1) is 0 Å². The van der Waals surface area contributed by atoms with Gasteiger partial charge >= 0.3 is 0 Å². The molecule has 1 aliphatic carbocycles. The van der Waals surface area contributed by atoms with Gasteiger partial charge in [-0.25, -0.2) is 0 Å². The molecule has 26 heavy (non-hydrogen) atoms. The third kappa shape index (κ3) is 4.07. The Bertz CT molecular complexity index is 686. The van der Waals surface area contributed by atoms with Crippen LogP contribution in [0.3, 0.4) is 0 Å². The molecule has 4 rings (SSSR count). The van der Waals surface area contributed by atoms with E-state index >= 15 is 0 Å². The van der Waals surface area contributed by atoms with Gasteiger partial charge in [0.15, 0.2) is 0 Å². The Kier molecular flexibility index (Phi) is 5.51. The Hall–Kier alpha value is -1.92. The van der Waals surface area contributed by atoms with Crippen molar-refractivity contribution in [1.82, 2.24) is 19.9 Å². The predicted molar refractivity (Wildman–Crippen MR) is 100 cm³/mol. The normalized spacial score (nSPS) is 20.3. The van der Waals surface area contributed by atoms with Crippen molar-refractivity contribution in [2.45, 2.75) is 44.7 Å². The highest BCUT2D eigenvalue weighted by Gasteiger charge is 2.25. The first-order valence-electron chi connectivity index (χ1n) is 9.75. The Morgan fingerprint density at radius 2 is 1.77 bits per heavy atom. The summed E-state index contributed by atoms with van der Waals surface area (Å²) in [7, 11) is 1.66. The summed E-state index contributed by atoms with van der Waals surface area (Å²) in [6.07, 6.45) is 7.00. The maximum Gasteiger partial charge on any atom is 0.241 e. The predicted octanol–water partition coefficient (Wildman–Crippen LogP) is 3.20. The lowest BCUT2D eigenvalue weighted by atomic mass is 9.94. The topological polar surface area (TPSA) is 54.6 Å². The van der Waals surface area contributed by atoms with Crippen molar-refractivity contribution in [3.05, 3.63) is 30.2 Å². The molecular weight excluding hydrogens is 328 g/mol. The highest BCUT2D eigenvalue weighted by atomic mass is 16.5. The van der Waals surface area contributed by atoms with Crippen LogP contribution in [0.5, 0.6) is 5.75 Å². The molecule has 1 saturated carbocycles. The van der Waals surface area contributed by atoms with Crippen molar-refractivity contribution >= 4 is 0 Å². The molecule has 1 aliphatic heterocycles. The van der Waals surface area contributed by atoms with Gasteiger partial charge in [0.25, 0.3) is 0 Å². The van der Waals surface area contributed by atoms with Crippen LogP contribution in [0.2, 0.25) is 0 Å². The van der Waals surface area contributed by atoms with E-state index in [0.29, 0.717) is 11.7 Å². The number of piperazine rings is 1. The number of rotatable bonds is 5. The molecule has 0 unspecified atom stereocenters. The summed E-state index contributed by atoms with van der Waals surface area (Å²) in [6.45, 7) is 5.21. The van der Waals surface area contributed by atoms with Crippen LogP contribution in [0.15, 0.2) is 28.8 Å². The van der Waals surface area contributed by atoms with Crippen LogP contribution in [-0.4, -0.2) is 59.3 Å². The van der Waals surface area contributed by atoms with Gasteiger partial charge in [-0.3, -0.25) is 9.80 Å². The lowest BCUT2D eigenvalue weighted by Gasteiger charge is -2.40. The summed E-state index contributed by atoms with van der Waals surface area (Å²) >= 11 is 0. The number of methoxy groups -OCH3 is 1. The van der Waals surface area contributed by atoms with Crippen LogP contribution < -0.4 is 4.74 Å². The van der Waals surface area contributed by atoms with Gasteiger partial charge in [-0.2, -0.15) is 4.98 Å². The smallest absolute Gasteiger partial charge is 0.241 e. The van der Waals surface area contributed by atoms with E-state index in [1.807, 2.05) is 24.3 Å². The molecule has 0 N–H and O–H groups in total. The number of nitrogens with zero attached hydrogens (tertiary/aromatic N) is 4. The molecule has 2 aromatic rings. The molecule has 2 heterocycles. The third-order valence-electron chi connectivity index (χ3n) is 5.67. The number of hydrogen-bond acceptors (Lipinski definition) is 6. The Morgan fingerprint density at radius 3 is 2.46 bits per heavy atom. The molecule has 0 spiro atoms. The number of aromatic nitrogens is 2. The van der Waals surface area contributed by atoms with Crippen molar-refractivity contribution < 1.29 is 9.26 Å². The molecule has 0 atom stereocenters. The summed E-state index contributed by atoms with van der Waals surface area (Å²) in [4.78, 5) is 9.67. The van der Waals surface area contributed by atoms with Crippen LogP contribution in [0.4, 0.5) is 0 Å². The molecule has 6 heteroatoms. The second-order valence-corrected chi connectivity index (χ2v) is 7.34. The minimum absolute atomic E-state index is 0.642. The molecule has 1 saturated heterocycles. The van der Waals surface area contributed by atoms with Crippen LogP contribution in [0.25, 0.3) is 11.4 Å². The monoisotopic (exact) mass is 356 g/mol. The number of ether oxygens (including phenoxy) is 1. The van der Waals surface area contributed by atoms with Gasteiger partial charge < -0.3 is 9.26 Å². The van der Waals surface area contributed by atoms with E-state index in [4.69, 9.17) is 9.26 Å². The highest BCUT2D eigenvalue weighted by Crippen LogP contribution is 2.24. The second kappa shape index (κ2) is 8.18. The van der Waals surface area contributed by atoms with Crippen molar-refractivity contribution in [1.29, 1.82) is 0 Å². The van der Waals surface area contributed by atoms with Gasteiger partial charge in [0.2, 0.25) is 11.7 Å². The van der Waals surface area contributed by atoms with Gasteiger partial charge in [0.05, 0.1) is 13.7 Å². The lowest BCUT2D eigenvalue weighted by molar-refractivity contribution is 0.0702. The maximum atomic E-state index is 5.47. The zero-order chi connectivity index (χ0) is 17.8. The van der Waals surface area contributed by atoms with Crippen LogP contribution in [0.1, 0.15) is 38.0 Å². The Balaban J connectivity index is 1.30. The fraction of sp³-hybridized carbons (Fsp3) is 0.600. The average molecular weight is 356 g/mol. The van der Waals surface area contributed by atoms with Crippen molar-refractivity contribution in [3.8, 4) is 17.1 Å². The van der Waals surface area contributed by atoms with Crippen molar-refractivity contribution in [2.75, 3.05) is 33.3 Å². The molecular formula is C20H28N4O2. The molecule has 6 nitrogen and oxygen atoms in total. The minimum atomic E-state index is 0.642. The van der Waals surface area contributed by atoms with E-state index in [1.54, 1.807) is 7.11 Å². The quantitative estimate of drug-likeness (QED) is 0.820. The largest absolute Gasteiger partial charge is 0.497 e. The molecule has 0 radical (unpaired) electrons. The van der Waals surface area contributed by atoms with Gasteiger partial charge in [-0.1, -0.05) is 24.4 Å². The Labute approximate surface area is 155 Å². The van der Waals surface area contributed by atoms with Crippen molar-refractivity contribution in [2.24, 2.45) is 0 Å². The number of benzene rings is 1. The maximum absolute atomic E-state index is 5.47. The van der Waals surface area contributed by atoms with E-state index in [1.165, 1.54) is 32.1 Å². The zero-order valence-corrected chi connectivity index (χ0v) is 15.6. The van der Waals surface area contributed by atoms with E-state index in [2.05, 4.69) is 19.9 Å². The van der Waals surface area contributed by atoms with E-state index in [-0.39, 0.29) is 0 Å².